The molecular weight excluding hydrogens is 585 g/mol. The van der Waals surface area contributed by atoms with Crippen molar-refractivity contribution in [3.8, 4) is 0 Å². The van der Waals surface area contributed by atoms with Gasteiger partial charge in [0, 0.05) is 17.2 Å². The summed E-state index contributed by atoms with van der Waals surface area (Å²) in [6.07, 6.45) is 1.72. The van der Waals surface area contributed by atoms with E-state index in [0.29, 0.717) is 0 Å². The van der Waals surface area contributed by atoms with Gasteiger partial charge in [0.25, 0.3) is 0 Å². The van der Waals surface area contributed by atoms with E-state index in [2.05, 4.69) is 48.4 Å². The number of allylic oxidation sites excluding steroid dienone is 1. The molecule has 1 N–H and O–H groups in total. The summed E-state index contributed by atoms with van der Waals surface area (Å²) in [4.78, 5) is 4.70. The van der Waals surface area contributed by atoms with Crippen molar-refractivity contribution >= 4 is 58.6 Å². The number of halogens is 3. The predicted octanol–water partition coefficient (Wildman–Crippen LogP) is 8.25. The van der Waals surface area contributed by atoms with Gasteiger partial charge in [-0.05, 0) is 19.1 Å². The van der Waals surface area contributed by atoms with Crippen molar-refractivity contribution in [1.82, 2.24) is 0 Å². The molecule has 144 valence electrons. The minimum atomic E-state index is -0.750. The zero-order valence-corrected chi connectivity index (χ0v) is 21.3. The molecule has 0 spiro atoms. The van der Waals surface area contributed by atoms with E-state index in [4.69, 9.17) is 4.99 Å². The van der Waals surface area contributed by atoms with Gasteiger partial charge in [0.1, 0.15) is 5.76 Å². The number of aryl methyl sites for hydroxylation is 1. The molecule has 0 atom stereocenters. The van der Waals surface area contributed by atoms with Crippen LogP contribution >= 0.6 is 41.4 Å². The number of rotatable bonds is 4. The van der Waals surface area contributed by atoms with Crippen LogP contribution in [-0.2, 0) is 9.46 Å². The Morgan fingerprint density at radius 1 is 0.786 bits per heavy atom. The fourth-order valence-electron chi connectivity index (χ4n) is 2.37. The van der Waals surface area contributed by atoms with Crippen LogP contribution in [0.3, 0.4) is 0 Å². The molecule has 0 saturated heterocycles. The molecule has 0 unspecified atom stereocenters. The van der Waals surface area contributed by atoms with Gasteiger partial charge in [-0.1, -0.05) is 78.4 Å². The van der Waals surface area contributed by atoms with Gasteiger partial charge >= 0.3 is 50.9 Å². The van der Waals surface area contributed by atoms with E-state index in [9.17, 15) is 5.11 Å². The van der Waals surface area contributed by atoms with Gasteiger partial charge in [0.15, 0.2) is 0 Å². The summed E-state index contributed by atoms with van der Waals surface area (Å²) >= 11 is 9.75. The molecule has 3 rings (SSSR count). The molecule has 0 fully saturated rings. The molecule has 3 aromatic rings. The summed E-state index contributed by atoms with van der Waals surface area (Å²) in [5, 5.41) is 10.5. The number of aliphatic hydroxyl groups is 1. The van der Waals surface area contributed by atoms with Crippen molar-refractivity contribution in [3.05, 3.63) is 108 Å². The van der Waals surface area contributed by atoms with Crippen molar-refractivity contribution in [1.29, 1.82) is 0 Å². The van der Waals surface area contributed by atoms with E-state index in [-0.39, 0.29) is 5.76 Å². The third-order valence-electron chi connectivity index (χ3n) is 3.70. The zero-order valence-electron chi connectivity index (χ0n) is 15.1. The average molecular weight is 604 g/mol. The van der Waals surface area contributed by atoms with Crippen LogP contribution in [0.4, 0.5) is 5.69 Å². The van der Waals surface area contributed by atoms with Gasteiger partial charge in [-0.25, -0.2) is 4.99 Å². The molecule has 0 saturated carbocycles. The molecule has 28 heavy (non-hydrogen) atoms. The predicted molar refractivity (Wildman–Crippen MR) is 128 cm³/mol. The first-order chi connectivity index (χ1) is 13.5. The van der Waals surface area contributed by atoms with Crippen LogP contribution < -0.4 is 0 Å². The summed E-state index contributed by atoms with van der Waals surface area (Å²) in [6.45, 7) is 2.05. The van der Waals surface area contributed by atoms with Crippen LogP contribution in [0.15, 0.2) is 96.0 Å². The average Bonchev–Trinajstić information content (AvgIpc) is 2.69. The van der Waals surface area contributed by atoms with Crippen LogP contribution in [0.5, 0.6) is 0 Å². The monoisotopic (exact) mass is 601 g/mol. The molecule has 0 aromatic heterocycles. The van der Waals surface area contributed by atoms with Crippen molar-refractivity contribution in [2.45, 2.75) is 6.92 Å². The van der Waals surface area contributed by atoms with E-state index in [0.717, 1.165) is 22.5 Å². The molecule has 0 amide bonds. The first-order valence-corrected chi connectivity index (χ1v) is 18.8. The standard InChI is InChI=1S/C22H19NO.3BrH.V/c1-17-12-14-18(15-13-17)21(23-20-10-6-3-7-11-20)16-22(24)19-8-4-2-5-9-19;;;;/h2-16,24H,1H3;3*1H;/q;;;;+3/p-3/b22-16-,23-21?;;;;. The number of hydrogen-bond donors (Lipinski definition) is 1. The van der Waals surface area contributed by atoms with E-state index in [1.807, 2.05) is 84.9 Å². The number of aliphatic hydroxyl groups excluding tert-OH is 1. The fourth-order valence-corrected chi connectivity index (χ4v) is 2.37. The van der Waals surface area contributed by atoms with Crippen molar-refractivity contribution in [2.75, 3.05) is 0 Å². The number of benzene rings is 3. The van der Waals surface area contributed by atoms with Crippen LogP contribution in [-0.4, -0.2) is 10.8 Å². The molecule has 0 radical (unpaired) electrons. The molecule has 0 aliphatic carbocycles. The van der Waals surface area contributed by atoms with Crippen molar-refractivity contribution in [2.24, 2.45) is 4.99 Å². The molecule has 6 heteroatoms. The number of nitrogens with zero attached hydrogens (tertiary/aromatic N) is 1. The Labute approximate surface area is 191 Å². The number of para-hydroxylation sites is 1. The van der Waals surface area contributed by atoms with Crippen molar-refractivity contribution < 1.29 is 14.6 Å². The van der Waals surface area contributed by atoms with Gasteiger partial charge in [-0.2, -0.15) is 0 Å². The molecule has 0 heterocycles. The Balaban J connectivity index is 0.000000640. The molecule has 2 nitrogen and oxygen atoms in total. The summed E-state index contributed by atoms with van der Waals surface area (Å²) in [5.41, 5.74) is 4.50. The summed E-state index contributed by atoms with van der Waals surface area (Å²) < 4.78 is 0. The Morgan fingerprint density at radius 3 is 1.82 bits per heavy atom. The summed E-state index contributed by atoms with van der Waals surface area (Å²) in [6, 6.07) is 27.4. The second kappa shape index (κ2) is 12.5. The number of aliphatic imine (C=N–C) groups is 1. The third kappa shape index (κ3) is 8.50. The molecule has 3 aromatic carbocycles. The Bertz CT molecular complexity index is 909. The second-order valence-electron chi connectivity index (χ2n) is 5.79. The third-order valence-corrected chi connectivity index (χ3v) is 3.70. The van der Waals surface area contributed by atoms with E-state index >= 15 is 0 Å². The van der Waals surface area contributed by atoms with Gasteiger partial charge in [-0.15, -0.1) is 0 Å². The first kappa shape index (κ1) is 23.2. The van der Waals surface area contributed by atoms with Crippen LogP contribution in [0.1, 0.15) is 16.7 Å². The van der Waals surface area contributed by atoms with Crippen LogP contribution in [0.2, 0.25) is 0 Å². The fraction of sp³-hybridized carbons (Fsp3) is 0.0455. The Morgan fingerprint density at radius 2 is 1.29 bits per heavy atom. The first-order valence-electron chi connectivity index (χ1n) is 8.40. The number of hydrogen-bond acceptors (Lipinski definition) is 2. The van der Waals surface area contributed by atoms with E-state index < -0.39 is 9.46 Å². The normalized spacial score (nSPS) is 11.8. The molecule has 0 bridgehead atoms. The zero-order chi connectivity index (χ0) is 20.4. The van der Waals surface area contributed by atoms with Gasteiger partial charge in [-0.3, -0.25) is 0 Å². The molecule has 0 aliphatic rings. The molecule has 0 aliphatic heterocycles. The summed E-state index contributed by atoms with van der Waals surface area (Å²) in [7, 11) is -0.750. The van der Waals surface area contributed by atoms with Crippen molar-refractivity contribution in [3.63, 3.8) is 0 Å². The van der Waals surface area contributed by atoms with E-state index in [1.54, 1.807) is 6.08 Å². The second-order valence-corrected chi connectivity index (χ2v) is 26.9. The van der Waals surface area contributed by atoms with Gasteiger partial charge in [0.2, 0.25) is 0 Å². The van der Waals surface area contributed by atoms with E-state index in [1.165, 1.54) is 5.56 Å². The maximum atomic E-state index is 10.5. The minimum absolute atomic E-state index is 0.200. The molecular formula is C22H19Br3NOV. The Hall–Kier alpha value is -1.11. The SMILES string of the molecule is Cc1ccc(C(/C=C(\O)c2ccccc2)=Nc2ccccc2)cc1.[Br][V]([Br])[Br]. The van der Waals surface area contributed by atoms with Gasteiger partial charge < -0.3 is 5.11 Å². The van der Waals surface area contributed by atoms with Crippen LogP contribution in [0, 0.1) is 6.92 Å². The van der Waals surface area contributed by atoms with Gasteiger partial charge in [0.05, 0.1) is 11.4 Å². The Kier molecular flexibility index (Phi) is 10.3. The van der Waals surface area contributed by atoms with Crippen LogP contribution in [0.25, 0.3) is 5.76 Å². The maximum absolute atomic E-state index is 10.5. The topological polar surface area (TPSA) is 32.6 Å². The quantitative estimate of drug-likeness (QED) is 0.236. The summed E-state index contributed by atoms with van der Waals surface area (Å²) in [5.74, 6) is 0.200.